The van der Waals surface area contributed by atoms with Crippen LogP contribution in [0.2, 0.25) is 0 Å². The van der Waals surface area contributed by atoms with Gasteiger partial charge in [-0.1, -0.05) is 218 Å². The summed E-state index contributed by atoms with van der Waals surface area (Å²) in [7, 11) is 0. The molecule has 0 unspecified atom stereocenters. The Hall–Kier alpha value is -10.1. The van der Waals surface area contributed by atoms with Crippen molar-refractivity contribution >= 4 is 32.3 Å². The molecule has 0 saturated carbocycles. The molecule has 13 aromatic rings. The first-order valence-corrected chi connectivity index (χ1v) is 25.0. The molecule has 0 atom stereocenters. The van der Waals surface area contributed by atoms with Crippen LogP contribution in [-0.4, -0.2) is 15.0 Å². The van der Waals surface area contributed by atoms with Gasteiger partial charge in [-0.3, -0.25) is 0 Å². The van der Waals surface area contributed by atoms with E-state index in [1.54, 1.807) is 0 Å². The number of hydrogen-bond acceptors (Lipinski definition) is 4. The number of hydrogen-bond donors (Lipinski definition) is 0. The zero-order valence-corrected chi connectivity index (χ0v) is 40.0. The molecule has 0 saturated heterocycles. The van der Waals surface area contributed by atoms with Crippen molar-refractivity contribution in [2.45, 2.75) is 0 Å². The first-order chi connectivity index (χ1) is 36.6. The third-order valence-corrected chi connectivity index (χ3v) is 14.7. The van der Waals surface area contributed by atoms with Crippen molar-refractivity contribution in [3.63, 3.8) is 0 Å². The lowest BCUT2D eigenvalue weighted by Crippen LogP contribution is -2.00. The number of nitriles is 1. The van der Waals surface area contributed by atoms with Crippen LogP contribution in [0.1, 0.15) is 5.56 Å². The van der Waals surface area contributed by atoms with E-state index in [1.807, 2.05) is 42.5 Å². The lowest BCUT2D eigenvalue weighted by atomic mass is 9.85. The Morgan fingerprint density at radius 2 is 0.703 bits per heavy atom. The maximum Gasteiger partial charge on any atom is 0.164 e. The molecule has 0 fully saturated rings. The van der Waals surface area contributed by atoms with Crippen molar-refractivity contribution in [2.24, 2.45) is 0 Å². The molecule has 0 radical (unpaired) electrons. The largest absolute Gasteiger partial charge is 0.208 e. The zero-order chi connectivity index (χ0) is 49.1. The van der Waals surface area contributed by atoms with Gasteiger partial charge in [0.25, 0.3) is 0 Å². The fourth-order valence-corrected chi connectivity index (χ4v) is 11.2. The molecule has 0 amide bonds. The van der Waals surface area contributed by atoms with E-state index in [9.17, 15) is 5.26 Å². The van der Waals surface area contributed by atoms with Gasteiger partial charge >= 0.3 is 0 Å². The summed E-state index contributed by atoms with van der Waals surface area (Å²) in [5.41, 5.74) is 19.2. The Labute approximate surface area is 428 Å². The van der Waals surface area contributed by atoms with Crippen LogP contribution in [0.3, 0.4) is 0 Å². The predicted octanol–water partition coefficient (Wildman–Crippen LogP) is 18.2. The molecular formula is C70H42N4. The van der Waals surface area contributed by atoms with Crippen LogP contribution in [0.4, 0.5) is 0 Å². The monoisotopic (exact) mass is 938 g/mol. The van der Waals surface area contributed by atoms with E-state index in [4.69, 9.17) is 15.0 Å². The highest BCUT2D eigenvalue weighted by Gasteiger charge is 2.22. The molecule has 0 aliphatic heterocycles. The number of rotatable bonds is 8. The standard InChI is InChI=1S/C70H42N4/c71-43-44-30-36-60(57-25-7-9-27-59(57)65-42-53-16-4-5-23-55(53)56-24-6-8-26-58(56)65)64(38-44)52-21-10-19-49(39-52)50-20-11-22-54(40-50)70-73-68(47-14-2-1-3-15-47)72-69(74-70)48-33-31-45(32-34-48)51-35-37-61-62-28-12-17-46-18-13-29-63(67(46)62)66(61)41-51/h1-42H. The van der Waals surface area contributed by atoms with Crippen LogP contribution in [0.5, 0.6) is 0 Å². The van der Waals surface area contributed by atoms with Gasteiger partial charge < -0.3 is 0 Å². The van der Waals surface area contributed by atoms with Gasteiger partial charge in [0.1, 0.15) is 0 Å². The van der Waals surface area contributed by atoms with Crippen LogP contribution in [0, 0.1) is 11.3 Å². The topological polar surface area (TPSA) is 62.5 Å². The van der Waals surface area contributed by atoms with Gasteiger partial charge in [-0.25, -0.2) is 15.0 Å². The van der Waals surface area contributed by atoms with Crippen molar-refractivity contribution in [3.8, 4) is 118 Å². The van der Waals surface area contributed by atoms with E-state index < -0.39 is 0 Å². The average Bonchev–Trinajstić information content (AvgIpc) is 3.81. The smallest absolute Gasteiger partial charge is 0.164 e. The summed E-state index contributed by atoms with van der Waals surface area (Å²) in [5.74, 6) is 1.80. The highest BCUT2D eigenvalue weighted by atomic mass is 15.0. The summed E-state index contributed by atoms with van der Waals surface area (Å²) in [6.45, 7) is 0. The van der Waals surface area contributed by atoms with Crippen LogP contribution in [-0.2, 0) is 0 Å². The molecule has 1 aliphatic carbocycles. The van der Waals surface area contributed by atoms with E-state index in [0.717, 1.165) is 66.8 Å². The fraction of sp³-hybridized carbons (Fsp3) is 0. The molecule has 12 aromatic carbocycles. The maximum absolute atomic E-state index is 10.2. The third-order valence-electron chi connectivity index (χ3n) is 14.7. The Morgan fingerprint density at radius 1 is 0.243 bits per heavy atom. The summed E-state index contributed by atoms with van der Waals surface area (Å²) in [6, 6.07) is 92.4. The minimum absolute atomic E-state index is 0.588. The molecule has 74 heavy (non-hydrogen) atoms. The minimum Gasteiger partial charge on any atom is -0.208 e. The molecule has 342 valence electrons. The first-order valence-electron chi connectivity index (χ1n) is 25.0. The Kier molecular flexibility index (Phi) is 10.2. The molecule has 1 heterocycles. The number of fused-ring (bicyclic) bond motifs is 6. The van der Waals surface area contributed by atoms with E-state index in [-0.39, 0.29) is 0 Å². The number of nitrogens with zero attached hydrogens (tertiary/aromatic N) is 4. The third kappa shape index (κ3) is 7.34. The molecule has 1 aromatic heterocycles. The summed E-state index contributed by atoms with van der Waals surface area (Å²) in [5, 5.41) is 17.7. The molecule has 0 N–H and O–H groups in total. The average molecular weight is 939 g/mol. The quantitative estimate of drug-likeness (QED) is 0.142. The second-order valence-electron chi connectivity index (χ2n) is 19.0. The highest BCUT2D eigenvalue weighted by molar-refractivity contribution is 6.16. The van der Waals surface area contributed by atoms with E-state index in [0.29, 0.717) is 23.0 Å². The van der Waals surface area contributed by atoms with Crippen molar-refractivity contribution < 1.29 is 0 Å². The van der Waals surface area contributed by atoms with E-state index in [2.05, 4.69) is 218 Å². The van der Waals surface area contributed by atoms with Gasteiger partial charge in [0.05, 0.1) is 11.6 Å². The first kappa shape index (κ1) is 42.8. The fourth-order valence-electron chi connectivity index (χ4n) is 11.2. The summed E-state index contributed by atoms with van der Waals surface area (Å²) in [4.78, 5) is 15.4. The molecule has 0 spiro atoms. The van der Waals surface area contributed by atoms with Gasteiger partial charge in [-0.15, -0.1) is 0 Å². The van der Waals surface area contributed by atoms with Crippen LogP contribution < -0.4 is 0 Å². The normalized spacial score (nSPS) is 11.5. The Balaban J connectivity index is 0.827. The van der Waals surface area contributed by atoms with Crippen molar-refractivity contribution in [1.82, 2.24) is 15.0 Å². The number of aromatic nitrogens is 3. The highest BCUT2D eigenvalue weighted by Crippen LogP contribution is 2.49. The lowest BCUT2D eigenvalue weighted by Gasteiger charge is -2.18. The zero-order valence-electron chi connectivity index (χ0n) is 40.0. The van der Waals surface area contributed by atoms with Crippen molar-refractivity contribution in [3.05, 3.63) is 260 Å². The predicted molar refractivity (Wildman–Crippen MR) is 305 cm³/mol. The van der Waals surface area contributed by atoms with Gasteiger partial charge in [0.2, 0.25) is 0 Å². The van der Waals surface area contributed by atoms with E-state index >= 15 is 0 Å². The lowest BCUT2D eigenvalue weighted by molar-refractivity contribution is 1.07. The van der Waals surface area contributed by atoms with E-state index in [1.165, 1.54) is 60.1 Å². The summed E-state index contributed by atoms with van der Waals surface area (Å²) < 4.78 is 0. The molecule has 1 aliphatic rings. The van der Waals surface area contributed by atoms with Gasteiger partial charge in [0.15, 0.2) is 17.5 Å². The molecule has 0 bridgehead atoms. The van der Waals surface area contributed by atoms with Crippen molar-refractivity contribution in [1.29, 1.82) is 5.26 Å². The van der Waals surface area contributed by atoms with Gasteiger partial charge in [0, 0.05) is 16.7 Å². The summed E-state index contributed by atoms with van der Waals surface area (Å²) in [6.07, 6.45) is 0. The van der Waals surface area contributed by atoms with Gasteiger partial charge in [-0.2, -0.15) is 5.26 Å². The number of benzene rings is 12. The van der Waals surface area contributed by atoms with Crippen molar-refractivity contribution in [2.75, 3.05) is 0 Å². The Morgan fingerprint density at radius 3 is 1.45 bits per heavy atom. The molecule has 4 heteroatoms. The Bertz CT molecular complexity index is 4430. The maximum atomic E-state index is 10.2. The van der Waals surface area contributed by atoms with Crippen LogP contribution in [0.25, 0.3) is 144 Å². The second kappa shape index (κ2) is 17.6. The molecule has 4 nitrogen and oxygen atoms in total. The van der Waals surface area contributed by atoms with Crippen LogP contribution in [0.15, 0.2) is 255 Å². The molecular weight excluding hydrogens is 897 g/mol. The van der Waals surface area contributed by atoms with Gasteiger partial charge in [-0.05, 0) is 147 Å². The summed E-state index contributed by atoms with van der Waals surface area (Å²) >= 11 is 0. The molecule has 14 rings (SSSR count). The minimum atomic E-state index is 0.588. The second-order valence-corrected chi connectivity index (χ2v) is 19.0. The SMILES string of the molecule is N#Cc1ccc(-c2ccccc2-c2cc3ccccc3c3ccccc23)c(-c2cccc(-c3cccc(-c4nc(-c5ccccc5)nc(-c5ccc(-c6ccc7c(c6)-c6cccc8cccc-7c68)cc5)n4)c3)c2)c1. The van der Waals surface area contributed by atoms with Crippen LogP contribution >= 0.6 is 0 Å².